The number of carbonyl (C=O) groups is 2. The molecular formula is C27H27ClF3N3O4S. The first-order chi connectivity index (χ1) is 18.3. The van der Waals surface area contributed by atoms with E-state index in [2.05, 4.69) is 5.32 Å². The van der Waals surface area contributed by atoms with Gasteiger partial charge in [-0.2, -0.15) is 13.2 Å². The molecule has 1 atom stereocenters. The number of alkyl halides is 3. The minimum atomic E-state index is -4.77. The number of nitrogens with zero attached hydrogens (tertiary/aromatic N) is 2. The number of carbonyl (C=O) groups excluding carboxylic acids is 2. The van der Waals surface area contributed by atoms with Gasteiger partial charge in [0.15, 0.2) is 0 Å². The van der Waals surface area contributed by atoms with Gasteiger partial charge in [-0.1, -0.05) is 72.3 Å². The fraction of sp³-hybridized carbons (Fsp3) is 0.259. The monoisotopic (exact) mass is 581 g/mol. The molecule has 0 aliphatic heterocycles. The Kier molecular flexibility index (Phi) is 9.63. The normalized spacial score (nSPS) is 12.5. The van der Waals surface area contributed by atoms with E-state index in [-0.39, 0.29) is 18.0 Å². The maximum absolute atomic E-state index is 13.8. The van der Waals surface area contributed by atoms with E-state index < -0.39 is 51.9 Å². The molecule has 0 bridgehead atoms. The Morgan fingerprint density at radius 3 is 2.03 bits per heavy atom. The molecule has 0 spiro atoms. The highest BCUT2D eigenvalue weighted by Crippen LogP contribution is 2.36. The van der Waals surface area contributed by atoms with Crippen LogP contribution in [0.2, 0.25) is 5.02 Å². The Morgan fingerprint density at radius 1 is 0.949 bits per heavy atom. The first kappa shape index (κ1) is 30.0. The third kappa shape index (κ3) is 7.96. The summed E-state index contributed by atoms with van der Waals surface area (Å²) < 4.78 is 66.2. The van der Waals surface area contributed by atoms with Gasteiger partial charge < -0.3 is 10.2 Å². The molecule has 0 aromatic heterocycles. The van der Waals surface area contributed by atoms with Crippen molar-refractivity contribution in [1.29, 1.82) is 0 Å². The minimum absolute atomic E-state index is 0.0570. The van der Waals surface area contributed by atoms with Crippen molar-refractivity contribution in [2.24, 2.45) is 0 Å². The molecule has 7 nitrogen and oxygen atoms in total. The molecule has 0 aliphatic carbocycles. The number of benzene rings is 3. The largest absolute Gasteiger partial charge is 0.416 e. The van der Waals surface area contributed by atoms with Gasteiger partial charge in [0.2, 0.25) is 21.8 Å². The van der Waals surface area contributed by atoms with Crippen LogP contribution in [0.4, 0.5) is 18.9 Å². The molecule has 0 saturated heterocycles. The molecule has 3 rings (SSSR count). The van der Waals surface area contributed by atoms with E-state index in [0.29, 0.717) is 15.9 Å². The van der Waals surface area contributed by atoms with Crippen molar-refractivity contribution in [1.82, 2.24) is 10.2 Å². The lowest BCUT2D eigenvalue weighted by atomic mass is 10.0. The molecule has 208 valence electrons. The van der Waals surface area contributed by atoms with Crippen molar-refractivity contribution in [2.75, 3.05) is 24.2 Å². The van der Waals surface area contributed by atoms with Crippen LogP contribution in [0.1, 0.15) is 16.7 Å². The molecule has 12 heteroatoms. The van der Waals surface area contributed by atoms with Crippen LogP contribution in [0, 0.1) is 0 Å². The zero-order valence-electron chi connectivity index (χ0n) is 21.2. The highest BCUT2D eigenvalue weighted by Gasteiger charge is 2.35. The fourth-order valence-corrected chi connectivity index (χ4v) is 5.10. The van der Waals surface area contributed by atoms with Gasteiger partial charge in [0, 0.05) is 20.0 Å². The molecule has 1 unspecified atom stereocenters. The van der Waals surface area contributed by atoms with E-state index in [0.717, 1.165) is 24.0 Å². The van der Waals surface area contributed by atoms with Crippen molar-refractivity contribution in [3.05, 3.63) is 101 Å². The minimum Gasteiger partial charge on any atom is -0.357 e. The second-order valence-electron chi connectivity index (χ2n) is 8.76. The van der Waals surface area contributed by atoms with Gasteiger partial charge in [0.25, 0.3) is 0 Å². The number of likely N-dealkylation sites (N-methyl/N-ethyl adjacent to an activating group) is 1. The summed E-state index contributed by atoms with van der Waals surface area (Å²) in [5.41, 5.74) is -0.216. The summed E-state index contributed by atoms with van der Waals surface area (Å²) >= 11 is 6.12. The van der Waals surface area contributed by atoms with Gasteiger partial charge in [-0.15, -0.1) is 0 Å². The number of hydrogen-bond acceptors (Lipinski definition) is 4. The van der Waals surface area contributed by atoms with Crippen LogP contribution in [-0.2, 0) is 38.8 Å². The second kappa shape index (κ2) is 12.5. The average Bonchev–Trinajstić information content (AvgIpc) is 2.89. The van der Waals surface area contributed by atoms with E-state index in [4.69, 9.17) is 11.6 Å². The topological polar surface area (TPSA) is 86.8 Å². The molecule has 39 heavy (non-hydrogen) atoms. The SMILES string of the molecule is CNC(=O)C(Cc1ccccc1)N(Cc1ccccc1)C(=O)CN(c1cc(C(F)(F)F)ccc1Cl)S(C)(=O)=O. The van der Waals surface area contributed by atoms with Crippen LogP contribution in [0.5, 0.6) is 0 Å². The summed E-state index contributed by atoms with van der Waals surface area (Å²) in [6, 6.07) is 18.8. The van der Waals surface area contributed by atoms with Crippen molar-refractivity contribution in [3.63, 3.8) is 0 Å². The highest BCUT2D eigenvalue weighted by molar-refractivity contribution is 7.92. The molecule has 3 aromatic carbocycles. The lowest BCUT2D eigenvalue weighted by molar-refractivity contribution is -0.139. The molecule has 2 amide bonds. The molecule has 0 saturated carbocycles. The number of hydrogen-bond donors (Lipinski definition) is 1. The van der Waals surface area contributed by atoms with Crippen molar-refractivity contribution < 1.29 is 31.2 Å². The number of rotatable bonds is 10. The molecular weight excluding hydrogens is 555 g/mol. The quantitative estimate of drug-likeness (QED) is 0.382. The summed E-state index contributed by atoms with van der Waals surface area (Å²) in [5.74, 6) is -1.30. The van der Waals surface area contributed by atoms with Gasteiger partial charge in [0.05, 0.1) is 22.5 Å². The van der Waals surface area contributed by atoms with Crippen molar-refractivity contribution >= 4 is 39.1 Å². The van der Waals surface area contributed by atoms with Gasteiger partial charge in [-0.25, -0.2) is 8.42 Å². The van der Waals surface area contributed by atoms with Crippen LogP contribution < -0.4 is 9.62 Å². The first-order valence-corrected chi connectivity index (χ1v) is 14.0. The van der Waals surface area contributed by atoms with Crippen LogP contribution >= 0.6 is 11.6 Å². The van der Waals surface area contributed by atoms with Gasteiger partial charge >= 0.3 is 6.18 Å². The second-order valence-corrected chi connectivity index (χ2v) is 11.1. The van der Waals surface area contributed by atoms with E-state index in [1.165, 1.54) is 11.9 Å². The predicted octanol–water partition coefficient (Wildman–Crippen LogP) is 4.51. The molecule has 0 aliphatic rings. The van der Waals surface area contributed by atoms with E-state index in [1.54, 1.807) is 60.7 Å². The van der Waals surface area contributed by atoms with E-state index in [1.807, 2.05) is 0 Å². The Hall–Kier alpha value is -3.57. The molecule has 0 fully saturated rings. The Morgan fingerprint density at radius 2 is 1.51 bits per heavy atom. The summed E-state index contributed by atoms with van der Waals surface area (Å²) in [7, 11) is -2.87. The highest BCUT2D eigenvalue weighted by atomic mass is 35.5. The standard InChI is InChI=1S/C27H27ClF3N3O4S/c1-32-26(36)24(15-19-9-5-3-6-10-19)33(17-20-11-7-4-8-12-20)25(35)18-34(39(2,37)38)23-16-21(27(29,30)31)13-14-22(23)28/h3-14,16,24H,15,17-18H2,1-2H3,(H,32,36). The Balaban J connectivity index is 2.07. The summed E-state index contributed by atoms with van der Waals surface area (Å²) in [6.45, 7) is -0.937. The third-order valence-corrected chi connectivity index (χ3v) is 7.38. The van der Waals surface area contributed by atoms with Crippen molar-refractivity contribution in [3.8, 4) is 0 Å². The number of halogens is 4. The van der Waals surface area contributed by atoms with Gasteiger partial charge in [0.1, 0.15) is 12.6 Å². The first-order valence-electron chi connectivity index (χ1n) is 11.7. The van der Waals surface area contributed by atoms with Crippen LogP contribution in [0.3, 0.4) is 0 Å². The summed E-state index contributed by atoms with van der Waals surface area (Å²) in [6.07, 6.45) is -3.90. The van der Waals surface area contributed by atoms with E-state index in [9.17, 15) is 31.2 Å². The lowest BCUT2D eigenvalue weighted by Crippen LogP contribution is -2.52. The average molecular weight is 582 g/mol. The van der Waals surface area contributed by atoms with Gasteiger partial charge in [-0.05, 0) is 29.3 Å². The zero-order chi connectivity index (χ0) is 28.8. The predicted molar refractivity (Wildman–Crippen MR) is 144 cm³/mol. The Bertz CT molecular complexity index is 1400. The third-order valence-electron chi connectivity index (χ3n) is 5.93. The zero-order valence-corrected chi connectivity index (χ0v) is 22.7. The van der Waals surface area contributed by atoms with Gasteiger partial charge in [-0.3, -0.25) is 13.9 Å². The van der Waals surface area contributed by atoms with E-state index >= 15 is 0 Å². The fourth-order valence-electron chi connectivity index (χ4n) is 3.98. The summed E-state index contributed by atoms with van der Waals surface area (Å²) in [4.78, 5) is 28.1. The molecule has 0 heterocycles. The van der Waals surface area contributed by atoms with Crippen LogP contribution in [0.25, 0.3) is 0 Å². The summed E-state index contributed by atoms with van der Waals surface area (Å²) in [5, 5.41) is 2.26. The maximum Gasteiger partial charge on any atom is 0.416 e. The number of anilines is 1. The van der Waals surface area contributed by atoms with Crippen LogP contribution in [-0.4, -0.2) is 51.0 Å². The number of sulfonamides is 1. The molecule has 0 radical (unpaired) electrons. The molecule has 3 aromatic rings. The maximum atomic E-state index is 13.8. The Labute approximate surface area is 230 Å². The van der Waals surface area contributed by atoms with Crippen LogP contribution in [0.15, 0.2) is 78.9 Å². The molecule has 1 N–H and O–H groups in total. The lowest BCUT2D eigenvalue weighted by Gasteiger charge is -2.33. The van der Waals surface area contributed by atoms with Crippen molar-refractivity contribution in [2.45, 2.75) is 25.2 Å². The number of nitrogens with one attached hydrogen (secondary N) is 1. The number of amides is 2. The smallest absolute Gasteiger partial charge is 0.357 e.